The molecule has 0 saturated carbocycles. The second-order valence-electron chi connectivity index (χ2n) is 5.06. The van der Waals surface area contributed by atoms with Crippen molar-refractivity contribution in [1.29, 1.82) is 0 Å². The van der Waals surface area contributed by atoms with Gasteiger partial charge in [0.2, 0.25) is 5.88 Å². The molecule has 0 aliphatic heterocycles. The Kier molecular flexibility index (Phi) is 4.43. The maximum absolute atomic E-state index is 11.7. The van der Waals surface area contributed by atoms with Crippen LogP contribution in [-0.2, 0) is 11.3 Å². The van der Waals surface area contributed by atoms with Crippen molar-refractivity contribution in [1.82, 2.24) is 4.57 Å². The van der Waals surface area contributed by atoms with Gasteiger partial charge in [-0.2, -0.15) is 0 Å². The van der Waals surface area contributed by atoms with E-state index in [1.807, 2.05) is 65.2 Å². The molecular formula is C19H17NO3. The van der Waals surface area contributed by atoms with Crippen LogP contribution in [0.25, 0.3) is 10.9 Å². The van der Waals surface area contributed by atoms with Gasteiger partial charge in [0.25, 0.3) is 0 Å². The number of para-hydroxylation sites is 1. The molecule has 0 atom stereocenters. The molecule has 4 heteroatoms. The van der Waals surface area contributed by atoms with Gasteiger partial charge in [0.1, 0.15) is 6.61 Å². The fourth-order valence-corrected chi connectivity index (χ4v) is 2.44. The first-order valence-electron chi connectivity index (χ1n) is 7.35. The predicted molar refractivity (Wildman–Crippen MR) is 89.7 cm³/mol. The third-order valence-electron chi connectivity index (χ3n) is 3.46. The highest BCUT2D eigenvalue weighted by molar-refractivity contribution is 5.83. The van der Waals surface area contributed by atoms with Crippen molar-refractivity contribution in [3.63, 3.8) is 0 Å². The number of ether oxygens (including phenoxy) is 2. The summed E-state index contributed by atoms with van der Waals surface area (Å²) in [6, 6.07) is 19.8. The van der Waals surface area contributed by atoms with Crippen molar-refractivity contribution in [3.05, 3.63) is 78.9 Å². The van der Waals surface area contributed by atoms with Crippen molar-refractivity contribution in [3.8, 4) is 5.88 Å². The molecule has 0 fully saturated rings. The Morgan fingerprint density at radius 3 is 2.61 bits per heavy atom. The van der Waals surface area contributed by atoms with E-state index in [0.29, 0.717) is 12.4 Å². The average Bonchev–Trinajstić information content (AvgIpc) is 2.91. The lowest BCUT2D eigenvalue weighted by atomic mass is 10.2. The summed E-state index contributed by atoms with van der Waals surface area (Å²) in [5.41, 5.74) is 2.13. The zero-order valence-electron chi connectivity index (χ0n) is 12.6. The lowest BCUT2D eigenvalue weighted by Gasteiger charge is -2.10. The summed E-state index contributed by atoms with van der Waals surface area (Å²) < 4.78 is 12.2. The second-order valence-corrected chi connectivity index (χ2v) is 5.06. The summed E-state index contributed by atoms with van der Waals surface area (Å²) in [5, 5.41) is 1.01. The molecule has 0 radical (unpaired) electrons. The molecule has 0 saturated heterocycles. The number of rotatable bonds is 5. The maximum atomic E-state index is 11.7. The largest absolute Gasteiger partial charge is 0.515 e. The van der Waals surface area contributed by atoms with E-state index in [9.17, 15) is 4.79 Å². The number of benzene rings is 2. The standard InChI is InChI=1S/C19H17NO3/c1-2-12-22-19(21)23-18-13-16-10-6-7-11-17(16)20(18)14-15-8-4-3-5-9-15/h2-11,13H,1,12,14H2. The van der Waals surface area contributed by atoms with Crippen molar-refractivity contribution in [2.45, 2.75) is 6.54 Å². The number of fused-ring (bicyclic) bond motifs is 1. The van der Waals surface area contributed by atoms with Crippen molar-refractivity contribution in [2.24, 2.45) is 0 Å². The topological polar surface area (TPSA) is 40.5 Å². The first-order valence-corrected chi connectivity index (χ1v) is 7.35. The van der Waals surface area contributed by atoms with E-state index in [4.69, 9.17) is 9.47 Å². The minimum atomic E-state index is -0.734. The number of carbonyl (C=O) groups is 1. The Hall–Kier alpha value is -3.01. The van der Waals surface area contributed by atoms with E-state index in [-0.39, 0.29) is 6.61 Å². The van der Waals surface area contributed by atoms with Crippen LogP contribution in [0, 0.1) is 0 Å². The van der Waals surface area contributed by atoms with Gasteiger partial charge in [-0.15, -0.1) is 0 Å². The number of aromatic nitrogens is 1. The van der Waals surface area contributed by atoms with Crippen LogP contribution in [0.15, 0.2) is 73.3 Å². The van der Waals surface area contributed by atoms with Gasteiger partial charge in [-0.3, -0.25) is 0 Å². The van der Waals surface area contributed by atoms with Crippen molar-refractivity contribution in [2.75, 3.05) is 6.61 Å². The van der Waals surface area contributed by atoms with Crippen LogP contribution in [0.5, 0.6) is 5.88 Å². The average molecular weight is 307 g/mol. The van der Waals surface area contributed by atoms with E-state index < -0.39 is 6.16 Å². The highest BCUT2D eigenvalue weighted by atomic mass is 16.7. The third kappa shape index (κ3) is 3.43. The zero-order chi connectivity index (χ0) is 16.1. The molecule has 1 aromatic heterocycles. The molecule has 1 heterocycles. The number of carbonyl (C=O) groups excluding carboxylic acids is 1. The molecule has 3 aromatic rings. The smallest absolute Gasteiger partial charge is 0.430 e. The van der Waals surface area contributed by atoms with E-state index in [0.717, 1.165) is 16.5 Å². The van der Waals surface area contributed by atoms with Crippen LogP contribution in [0.3, 0.4) is 0 Å². The fourth-order valence-electron chi connectivity index (χ4n) is 2.44. The van der Waals surface area contributed by atoms with Crippen molar-refractivity contribution < 1.29 is 14.3 Å². The minimum Gasteiger partial charge on any atom is -0.430 e. The molecule has 0 amide bonds. The first-order chi connectivity index (χ1) is 11.3. The molecule has 0 spiro atoms. The normalized spacial score (nSPS) is 10.4. The lowest BCUT2D eigenvalue weighted by Crippen LogP contribution is -2.13. The summed E-state index contributed by atoms with van der Waals surface area (Å²) in [5.74, 6) is 0.462. The summed E-state index contributed by atoms with van der Waals surface area (Å²) in [6.07, 6.45) is 0.767. The Morgan fingerprint density at radius 1 is 1.09 bits per heavy atom. The molecule has 3 rings (SSSR count). The van der Waals surface area contributed by atoms with E-state index >= 15 is 0 Å². The van der Waals surface area contributed by atoms with Crippen LogP contribution in [0.4, 0.5) is 4.79 Å². The first kappa shape index (κ1) is 14.9. The van der Waals surface area contributed by atoms with Crippen LogP contribution < -0.4 is 4.74 Å². The summed E-state index contributed by atoms with van der Waals surface area (Å²) >= 11 is 0. The van der Waals surface area contributed by atoms with Gasteiger partial charge in [-0.1, -0.05) is 61.2 Å². The molecule has 0 bridgehead atoms. The van der Waals surface area contributed by atoms with Crippen LogP contribution in [0.1, 0.15) is 5.56 Å². The molecule has 0 aliphatic rings. The minimum absolute atomic E-state index is 0.123. The molecule has 0 aliphatic carbocycles. The summed E-state index contributed by atoms with van der Waals surface area (Å²) in [6.45, 7) is 4.24. The number of nitrogens with zero attached hydrogens (tertiary/aromatic N) is 1. The monoisotopic (exact) mass is 307 g/mol. The van der Waals surface area contributed by atoms with Gasteiger partial charge in [0.05, 0.1) is 12.1 Å². The number of hydrogen-bond acceptors (Lipinski definition) is 3. The molecule has 116 valence electrons. The van der Waals surface area contributed by atoms with Gasteiger partial charge >= 0.3 is 6.16 Å². The molecule has 23 heavy (non-hydrogen) atoms. The van der Waals surface area contributed by atoms with Gasteiger partial charge in [0.15, 0.2) is 0 Å². The molecule has 0 N–H and O–H groups in total. The summed E-state index contributed by atoms with van der Waals surface area (Å²) in [7, 11) is 0. The lowest BCUT2D eigenvalue weighted by molar-refractivity contribution is 0.107. The van der Waals surface area contributed by atoms with E-state index in [1.165, 1.54) is 6.08 Å². The quantitative estimate of drug-likeness (QED) is 0.518. The van der Waals surface area contributed by atoms with E-state index in [2.05, 4.69) is 6.58 Å². The maximum Gasteiger partial charge on any atom is 0.515 e. The van der Waals surface area contributed by atoms with Crippen LogP contribution >= 0.6 is 0 Å². The highest BCUT2D eigenvalue weighted by Gasteiger charge is 2.14. The van der Waals surface area contributed by atoms with Gasteiger partial charge in [-0.05, 0) is 11.6 Å². The zero-order valence-corrected chi connectivity index (χ0v) is 12.6. The number of hydrogen-bond donors (Lipinski definition) is 0. The Balaban J connectivity index is 1.94. The second kappa shape index (κ2) is 6.83. The van der Waals surface area contributed by atoms with Crippen molar-refractivity contribution >= 4 is 17.1 Å². The Morgan fingerprint density at radius 2 is 1.83 bits per heavy atom. The van der Waals surface area contributed by atoms with Gasteiger partial charge < -0.3 is 14.0 Å². The fraction of sp³-hybridized carbons (Fsp3) is 0.105. The van der Waals surface area contributed by atoms with E-state index in [1.54, 1.807) is 0 Å². The molecule has 0 unspecified atom stereocenters. The molecule has 2 aromatic carbocycles. The van der Waals surface area contributed by atoms with Crippen LogP contribution in [-0.4, -0.2) is 17.3 Å². The van der Waals surface area contributed by atoms with Gasteiger partial charge in [-0.25, -0.2) is 4.79 Å². The van der Waals surface area contributed by atoms with Crippen LogP contribution in [0.2, 0.25) is 0 Å². The predicted octanol–water partition coefficient (Wildman–Crippen LogP) is 4.39. The van der Waals surface area contributed by atoms with Gasteiger partial charge in [0, 0.05) is 11.5 Å². The SMILES string of the molecule is C=CCOC(=O)Oc1cc2ccccc2n1Cc1ccccc1. The molecular weight excluding hydrogens is 290 g/mol. The Bertz CT molecular complexity index is 821. The Labute approximate surface area is 134 Å². The summed E-state index contributed by atoms with van der Waals surface area (Å²) in [4.78, 5) is 11.7. The molecule has 4 nitrogen and oxygen atoms in total. The highest BCUT2D eigenvalue weighted by Crippen LogP contribution is 2.27. The third-order valence-corrected chi connectivity index (χ3v) is 3.46.